The molecule has 2 fully saturated rings. The van der Waals surface area contributed by atoms with Crippen LogP contribution in [0.25, 0.3) is 11.1 Å². The van der Waals surface area contributed by atoms with Gasteiger partial charge in [-0.25, -0.2) is 4.98 Å². The van der Waals surface area contributed by atoms with E-state index in [2.05, 4.69) is 16.7 Å². The highest BCUT2D eigenvalue weighted by molar-refractivity contribution is 8.00. The zero-order valence-corrected chi connectivity index (χ0v) is 12.1. The molecule has 0 radical (unpaired) electrons. The smallest absolute Gasteiger partial charge is 0.181 e. The molecule has 2 atom stereocenters. The van der Waals surface area contributed by atoms with Crippen LogP contribution in [-0.4, -0.2) is 21.3 Å². The molecule has 2 aliphatic rings. The molecule has 2 bridgehead atoms. The summed E-state index contributed by atoms with van der Waals surface area (Å²) in [6, 6.07) is 5.61. The van der Waals surface area contributed by atoms with Crippen molar-refractivity contribution in [3.63, 3.8) is 0 Å². The van der Waals surface area contributed by atoms with Gasteiger partial charge >= 0.3 is 0 Å². The molecule has 3 heterocycles. The summed E-state index contributed by atoms with van der Waals surface area (Å²) in [7, 11) is 0. The highest BCUT2D eigenvalue weighted by Gasteiger charge is 2.35. The Labute approximate surface area is 122 Å². The SMILES string of the molecule is O=C(c1ccc2ocnc2c1)C1CC2CCCC(C1)S2. The van der Waals surface area contributed by atoms with Crippen molar-refractivity contribution in [1.82, 2.24) is 4.98 Å². The third-order valence-corrected chi connectivity index (χ3v) is 6.14. The maximum Gasteiger partial charge on any atom is 0.181 e. The van der Waals surface area contributed by atoms with Crippen LogP contribution in [0.3, 0.4) is 0 Å². The molecule has 2 aliphatic heterocycles. The molecule has 0 amide bonds. The molecule has 4 heteroatoms. The van der Waals surface area contributed by atoms with E-state index in [9.17, 15) is 4.79 Å². The van der Waals surface area contributed by atoms with E-state index in [0.717, 1.165) is 29.5 Å². The number of Topliss-reactive ketones (excluding diaryl/α,β-unsaturated/α-hetero) is 1. The number of carbonyl (C=O) groups excluding carboxylic acids is 1. The highest BCUT2D eigenvalue weighted by Crippen LogP contribution is 2.44. The molecule has 3 nitrogen and oxygen atoms in total. The minimum absolute atomic E-state index is 0.205. The van der Waals surface area contributed by atoms with Crippen molar-refractivity contribution >= 4 is 28.6 Å². The van der Waals surface area contributed by atoms with Gasteiger partial charge in [-0.2, -0.15) is 11.8 Å². The first-order chi connectivity index (χ1) is 9.79. The van der Waals surface area contributed by atoms with E-state index in [4.69, 9.17) is 4.42 Å². The standard InChI is InChI=1S/C16H17NO2S/c18-16(10-4-5-15-14(8-10)17-9-19-15)11-6-12-2-1-3-13(7-11)20-12/h4-5,8-9,11-13H,1-3,6-7H2. The van der Waals surface area contributed by atoms with Crippen LogP contribution in [0.4, 0.5) is 0 Å². The Morgan fingerprint density at radius 1 is 1.25 bits per heavy atom. The first-order valence-electron chi connectivity index (χ1n) is 7.32. The van der Waals surface area contributed by atoms with Crippen molar-refractivity contribution in [3.05, 3.63) is 30.2 Å². The molecular formula is C16H17NO2S. The van der Waals surface area contributed by atoms with E-state index in [1.807, 2.05) is 18.2 Å². The van der Waals surface area contributed by atoms with Gasteiger partial charge in [0.25, 0.3) is 0 Å². The molecule has 0 N–H and O–H groups in total. The van der Waals surface area contributed by atoms with Crippen LogP contribution in [0.2, 0.25) is 0 Å². The Morgan fingerprint density at radius 3 is 2.85 bits per heavy atom. The van der Waals surface area contributed by atoms with E-state index in [1.165, 1.54) is 25.7 Å². The number of rotatable bonds is 2. The number of thioether (sulfide) groups is 1. The summed E-state index contributed by atoms with van der Waals surface area (Å²) in [5.41, 5.74) is 2.32. The Morgan fingerprint density at radius 2 is 2.05 bits per heavy atom. The minimum atomic E-state index is 0.205. The van der Waals surface area contributed by atoms with Gasteiger partial charge < -0.3 is 4.42 Å². The maximum absolute atomic E-state index is 12.7. The maximum atomic E-state index is 12.7. The molecule has 2 saturated heterocycles. The van der Waals surface area contributed by atoms with Gasteiger partial charge in [-0.3, -0.25) is 4.79 Å². The van der Waals surface area contributed by atoms with Crippen molar-refractivity contribution in [3.8, 4) is 0 Å². The number of hydrogen-bond acceptors (Lipinski definition) is 4. The fourth-order valence-electron chi connectivity index (χ4n) is 3.52. The van der Waals surface area contributed by atoms with Crippen LogP contribution in [0, 0.1) is 5.92 Å². The van der Waals surface area contributed by atoms with Crippen molar-refractivity contribution in [2.24, 2.45) is 5.92 Å². The number of ketones is 1. The predicted octanol–water partition coefficient (Wildman–Crippen LogP) is 4.07. The van der Waals surface area contributed by atoms with Gasteiger partial charge in [0, 0.05) is 22.0 Å². The van der Waals surface area contributed by atoms with E-state index in [1.54, 1.807) is 0 Å². The Hall–Kier alpha value is -1.29. The van der Waals surface area contributed by atoms with Gasteiger partial charge in [-0.05, 0) is 43.9 Å². The summed E-state index contributed by atoms with van der Waals surface area (Å²) in [5, 5.41) is 1.40. The lowest BCUT2D eigenvalue weighted by Crippen LogP contribution is -2.32. The first kappa shape index (κ1) is 12.5. The Balaban J connectivity index is 1.59. The summed E-state index contributed by atoms with van der Waals surface area (Å²) in [4.78, 5) is 16.9. The van der Waals surface area contributed by atoms with E-state index >= 15 is 0 Å². The van der Waals surface area contributed by atoms with Gasteiger partial charge in [-0.1, -0.05) is 6.42 Å². The van der Waals surface area contributed by atoms with Crippen LogP contribution >= 0.6 is 11.8 Å². The van der Waals surface area contributed by atoms with Crippen molar-refractivity contribution in [2.75, 3.05) is 0 Å². The number of benzene rings is 1. The summed E-state index contributed by atoms with van der Waals surface area (Å²) >= 11 is 2.11. The average molecular weight is 287 g/mol. The second-order valence-corrected chi connectivity index (χ2v) is 7.48. The number of oxazole rings is 1. The summed E-state index contributed by atoms with van der Waals surface area (Å²) in [5.74, 6) is 0.503. The molecule has 1 aromatic heterocycles. The molecule has 104 valence electrons. The predicted molar refractivity (Wildman–Crippen MR) is 80.1 cm³/mol. The van der Waals surface area contributed by atoms with Gasteiger partial charge in [0.15, 0.2) is 17.8 Å². The molecule has 0 aliphatic carbocycles. The zero-order chi connectivity index (χ0) is 13.5. The zero-order valence-electron chi connectivity index (χ0n) is 11.2. The number of carbonyl (C=O) groups is 1. The van der Waals surface area contributed by atoms with Crippen molar-refractivity contribution < 1.29 is 9.21 Å². The molecule has 4 rings (SSSR count). The third kappa shape index (κ3) is 2.16. The average Bonchev–Trinajstić information content (AvgIpc) is 2.93. The second-order valence-electron chi connectivity index (χ2n) is 5.88. The van der Waals surface area contributed by atoms with Crippen LogP contribution in [-0.2, 0) is 0 Å². The molecule has 2 aromatic rings. The molecule has 20 heavy (non-hydrogen) atoms. The van der Waals surface area contributed by atoms with Crippen molar-refractivity contribution in [1.29, 1.82) is 0 Å². The fraction of sp³-hybridized carbons (Fsp3) is 0.500. The molecule has 0 saturated carbocycles. The topological polar surface area (TPSA) is 43.1 Å². The van der Waals surface area contributed by atoms with Crippen molar-refractivity contribution in [2.45, 2.75) is 42.6 Å². The van der Waals surface area contributed by atoms with Crippen LogP contribution in [0.15, 0.2) is 29.0 Å². The minimum Gasteiger partial charge on any atom is -0.443 e. The lowest BCUT2D eigenvalue weighted by molar-refractivity contribution is 0.0897. The van der Waals surface area contributed by atoms with Gasteiger partial charge in [0.2, 0.25) is 0 Å². The van der Waals surface area contributed by atoms with Crippen LogP contribution in [0.1, 0.15) is 42.5 Å². The van der Waals surface area contributed by atoms with E-state index < -0.39 is 0 Å². The van der Waals surface area contributed by atoms with Crippen LogP contribution in [0.5, 0.6) is 0 Å². The third-order valence-electron chi connectivity index (χ3n) is 4.52. The molecular weight excluding hydrogens is 270 g/mol. The Bertz CT molecular complexity index is 639. The Kier molecular flexibility index (Phi) is 3.06. The summed E-state index contributed by atoms with van der Waals surface area (Å²) in [6.45, 7) is 0. The molecule has 2 unspecified atom stereocenters. The highest BCUT2D eigenvalue weighted by atomic mass is 32.2. The fourth-order valence-corrected chi connectivity index (χ4v) is 5.36. The summed E-state index contributed by atoms with van der Waals surface area (Å²) < 4.78 is 5.23. The second kappa shape index (κ2) is 4.92. The lowest BCUT2D eigenvalue weighted by atomic mass is 9.84. The molecule has 1 aromatic carbocycles. The molecule has 0 spiro atoms. The van der Waals surface area contributed by atoms with E-state index in [-0.39, 0.29) is 5.92 Å². The lowest BCUT2D eigenvalue weighted by Gasteiger charge is -2.37. The van der Waals surface area contributed by atoms with Gasteiger partial charge in [0.05, 0.1) is 0 Å². The number of fused-ring (bicyclic) bond motifs is 3. The number of nitrogens with zero attached hydrogens (tertiary/aromatic N) is 1. The largest absolute Gasteiger partial charge is 0.443 e. The normalized spacial score (nSPS) is 29.5. The van der Waals surface area contributed by atoms with Gasteiger partial charge in [0.1, 0.15) is 5.52 Å². The summed E-state index contributed by atoms with van der Waals surface area (Å²) in [6.07, 6.45) is 7.45. The monoisotopic (exact) mass is 287 g/mol. The quantitative estimate of drug-likeness (QED) is 0.781. The first-order valence-corrected chi connectivity index (χ1v) is 8.27. The van der Waals surface area contributed by atoms with Gasteiger partial charge in [-0.15, -0.1) is 0 Å². The van der Waals surface area contributed by atoms with Crippen LogP contribution < -0.4 is 0 Å². The number of aromatic nitrogens is 1. The van der Waals surface area contributed by atoms with E-state index in [0.29, 0.717) is 16.3 Å². The number of hydrogen-bond donors (Lipinski definition) is 0.